The third-order valence-corrected chi connectivity index (χ3v) is 3.21. The highest BCUT2D eigenvalue weighted by molar-refractivity contribution is 7.98. The summed E-state index contributed by atoms with van der Waals surface area (Å²) in [5, 5.41) is 0. The summed E-state index contributed by atoms with van der Waals surface area (Å²) in [6, 6.07) is 0.428. The quantitative estimate of drug-likeness (QED) is 0.709. The van der Waals surface area contributed by atoms with E-state index in [0.29, 0.717) is 17.6 Å². The van der Waals surface area contributed by atoms with Crippen LogP contribution in [0, 0.1) is 0 Å². The maximum absolute atomic E-state index is 10.5. The molecule has 4 nitrogen and oxygen atoms in total. The number of carbonyl (C=O) groups excluding carboxylic acids is 1. The van der Waals surface area contributed by atoms with Gasteiger partial charge in [-0.1, -0.05) is 6.92 Å². The highest BCUT2D eigenvalue weighted by atomic mass is 32.2. The number of aromatic nitrogens is 2. The van der Waals surface area contributed by atoms with Gasteiger partial charge in [0.1, 0.15) is 0 Å². The third kappa shape index (κ3) is 3.20. The molecule has 0 aliphatic rings. The Morgan fingerprint density at radius 3 is 2.56 bits per heavy atom. The molecule has 0 saturated heterocycles. The van der Waals surface area contributed by atoms with Gasteiger partial charge in [0.05, 0.1) is 5.56 Å². The number of carbonyl (C=O) groups is 1. The van der Waals surface area contributed by atoms with E-state index in [1.165, 1.54) is 0 Å². The van der Waals surface area contributed by atoms with Gasteiger partial charge >= 0.3 is 0 Å². The minimum Gasteiger partial charge on any atom is -0.340 e. The van der Waals surface area contributed by atoms with Crippen molar-refractivity contribution in [3.63, 3.8) is 0 Å². The van der Waals surface area contributed by atoms with E-state index in [-0.39, 0.29) is 0 Å². The topological polar surface area (TPSA) is 46.1 Å². The van der Waals surface area contributed by atoms with Crippen molar-refractivity contribution in [2.24, 2.45) is 0 Å². The van der Waals surface area contributed by atoms with Crippen LogP contribution in [-0.2, 0) is 0 Å². The van der Waals surface area contributed by atoms with Gasteiger partial charge in [-0.3, -0.25) is 4.79 Å². The van der Waals surface area contributed by atoms with Crippen molar-refractivity contribution in [1.82, 2.24) is 9.97 Å². The van der Waals surface area contributed by atoms with E-state index in [2.05, 4.69) is 28.0 Å². The summed E-state index contributed by atoms with van der Waals surface area (Å²) in [6.45, 7) is 2.15. The largest absolute Gasteiger partial charge is 0.340 e. The van der Waals surface area contributed by atoms with Crippen LogP contribution in [0.2, 0.25) is 0 Å². The number of hydrogen-bond donors (Lipinski definition) is 0. The molecule has 0 N–H and O–H groups in total. The zero-order chi connectivity index (χ0) is 12.0. The van der Waals surface area contributed by atoms with Crippen LogP contribution in [0.5, 0.6) is 0 Å². The molecule has 0 fully saturated rings. The van der Waals surface area contributed by atoms with Crippen molar-refractivity contribution in [3.8, 4) is 0 Å². The summed E-state index contributed by atoms with van der Waals surface area (Å²) in [4.78, 5) is 20.9. The van der Waals surface area contributed by atoms with Crippen LogP contribution < -0.4 is 4.90 Å². The molecule has 1 atom stereocenters. The SMILES string of the molecule is CCC(CSC)N(C)c1ncc(C=O)cn1. The van der Waals surface area contributed by atoms with E-state index in [4.69, 9.17) is 0 Å². The minimum absolute atomic E-state index is 0.428. The van der Waals surface area contributed by atoms with E-state index in [9.17, 15) is 4.79 Å². The molecule has 1 unspecified atom stereocenters. The van der Waals surface area contributed by atoms with Crippen LogP contribution in [0.15, 0.2) is 12.4 Å². The molecule has 0 aliphatic heterocycles. The highest BCUT2D eigenvalue weighted by Gasteiger charge is 2.14. The normalized spacial score (nSPS) is 12.2. The van der Waals surface area contributed by atoms with Gasteiger partial charge in [-0.25, -0.2) is 9.97 Å². The number of thioether (sulfide) groups is 1. The smallest absolute Gasteiger partial charge is 0.225 e. The second-order valence-electron chi connectivity index (χ2n) is 3.56. The van der Waals surface area contributed by atoms with E-state index in [1.807, 2.05) is 18.8 Å². The molecule has 5 heteroatoms. The van der Waals surface area contributed by atoms with Gasteiger partial charge in [-0.2, -0.15) is 11.8 Å². The first-order chi connectivity index (χ1) is 7.72. The molecule has 0 spiro atoms. The fourth-order valence-electron chi connectivity index (χ4n) is 1.43. The summed E-state index contributed by atoms with van der Waals surface area (Å²) in [5.74, 6) is 1.72. The number of aldehydes is 1. The lowest BCUT2D eigenvalue weighted by molar-refractivity contribution is 0.112. The van der Waals surface area contributed by atoms with Gasteiger partial charge in [0.15, 0.2) is 6.29 Å². The Bertz CT molecular complexity index is 329. The first kappa shape index (κ1) is 13.0. The molecule has 0 aliphatic carbocycles. The van der Waals surface area contributed by atoms with E-state index >= 15 is 0 Å². The number of rotatable bonds is 6. The van der Waals surface area contributed by atoms with Gasteiger partial charge in [0.2, 0.25) is 5.95 Å². The molecule has 0 amide bonds. The molecule has 1 heterocycles. The van der Waals surface area contributed by atoms with Crippen molar-refractivity contribution in [3.05, 3.63) is 18.0 Å². The molecule has 0 radical (unpaired) electrons. The Morgan fingerprint density at radius 1 is 1.50 bits per heavy atom. The highest BCUT2D eigenvalue weighted by Crippen LogP contribution is 2.14. The molecule has 1 aromatic heterocycles. The summed E-state index contributed by atoms with van der Waals surface area (Å²) >= 11 is 1.81. The van der Waals surface area contributed by atoms with Crippen LogP contribution in [-0.4, -0.2) is 41.4 Å². The van der Waals surface area contributed by atoms with Gasteiger partial charge in [-0.15, -0.1) is 0 Å². The van der Waals surface area contributed by atoms with Gasteiger partial charge in [0, 0.05) is 31.2 Å². The summed E-state index contributed by atoms with van der Waals surface area (Å²) in [7, 11) is 1.99. The Labute approximate surface area is 100 Å². The average Bonchev–Trinajstić information content (AvgIpc) is 2.35. The van der Waals surface area contributed by atoms with Crippen molar-refractivity contribution < 1.29 is 4.79 Å². The second kappa shape index (κ2) is 6.48. The molecule has 0 aromatic carbocycles. The zero-order valence-electron chi connectivity index (χ0n) is 9.88. The van der Waals surface area contributed by atoms with E-state index in [1.54, 1.807) is 12.4 Å². The van der Waals surface area contributed by atoms with Crippen LogP contribution in [0.3, 0.4) is 0 Å². The molecular formula is C11H17N3OS. The fourth-order valence-corrected chi connectivity index (χ4v) is 2.28. The predicted octanol–water partition coefficient (Wildman–Crippen LogP) is 1.87. The second-order valence-corrected chi connectivity index (χ2v) is 4.47. The zero-order valence-corrected chi connectivity index (χ0v) is 10.7. The molecule has 16 heavy (non-hydrogen) atoms. The van der Waals surface area contributed by atoms with Gasteiger partial charge in [-0.05, 0) is 12.7 Å². The van der Waals surface area contributed by atoms with Crippen molar-refractivity contribution in [1.29, 1.82) is 0 Å². The summed E-state index contributed by atoms with van der Waals surface area (Å²) < 4.78 is 0. The first-order valence-electron chi connectivity index (χ1n) is 5.21. The fraction of sp³-hybridized carbons (Fsp3) is 0.545. The lowest BCUT2D eigenvalue weighted by atomic mass is 10.2. The molecule has 1 aromatic rings. The van der Waals surface area contributed by atoms with Crippen molar-refractivity contribution >= 4 is 24.0 Å². The van der Waals surface area contributed by atoms with Crippen molar-refractivity contribution in [2.45, 2.75) is 19.4 Å². The van der Waals surface area contributed by atoms with Crippen LogP contribution >= 0.6 is 11.8 Å². The molecular weight excluding hydrogens is 222 g/mol. The monoisotopic (exact) mass is 239 g/mol. The summed E-state index contributed by atoms with van der Waals surface area (Å²) in [5.41, 5.74) is 0.509. The Hall–Kier alpha value is -1.10. The van der Waals surface area contributed by atoms with Crippen LogP contribution in [0.1, 0.15) is 23.7 Å². The standard InChI is InChI=1S/C11H17N3OS/c1-4-10(8-16-3)14(2)11-12-5-9(7-15)6-13-11/h5-7,10H,4,8H2,1-3H3. The average molecular weight is 239 g/mol. The van der Waals surface area contributed by atoms with Gasteiger partial charge in [0.25, 0.3) is 0 Å². The number of anilines is 1. The molecule has 1 rings (SSSR count). The lowest BCUT2D eigenvalue weighted by Crippen LogP contribution is -2.34. The molecule has 0 bridgehead atoms. The maximum atomic E-state index is 10.5. The van der Waals surface area contributed by atoms with E-state index < -0.39 is 0 Å². The van der Waals surface area contributed by atoms with Crippen LogP contribution in [0.4, 0.5) is 5.95 Å². The Kier molecular flexibility index (Phi) is 5.25. The van der Waals surface area contributed by atoms with Crippen molar-refractivity contribution in [2.75, 3.05) is 24.0 Å². The predicted molar refractivity (Wildman–Crippen MR) is 68.3 cm³/mol. The maximum Gasteiger partial charge on any atom is 0.225 e. The number of nitrogens with zero attached hydrogens (tertiary/aromatic N) is 3. The number of hydrogen-bond acceptors (Lipinski definition) is 5. The van der Waals surface area contributed by atoms with E-state index in [0.717, 1.165) is 18.5 Å². The molecule has 88 valence electrons. The first-order valence-corrected chi connectivity index (χ1v) is 6.61. The lowest BCUT2D eigenvalue weighted by Gasteiger charge is -2.26. The minimum atomic E-state index is 0.428. The summed E-state index contributed by atoms with van der Waals surface area (Å²) in [6.07, 6.45) is 7.00. The van der Waals surface area contributed by atoms with Crippen LogP contribution in [0.25, 0.3) is 0 Å². The third-order valence-electron chi connectivity index (χ3n) is 2.49. The van der Waals surface area contributed by atoms with Gasteiger partial charge < -0.3 is 4.90 Å². The Morgan fingerprint density at radius 2 is 2.12 bits per heavy atom. The Balaban J connectivity index is 2.77. The molecule has 0 saturated carbocycles.